The monoisotopic (exact) mass is 245 g/mol. The van der Waals surface area contributed by atoms with E-state index in [0.717, 1.165) is 13.0 Å². The van der Waals surface area contributed by atoms with Crippen molar-refractivity contribution in [3.8, 4) is 0 Å². The van der Waals surface area contributed by atoms with Crippen molar-refractivity contribution in [2.45, 2.75) is 64.6 Å². The molecule has 3 atom stereocenters. The third-order valence-corrected chi connectivity index (χ3v) is 4.17. The number of nitrogens with one attached hydrogen (secondary N) is 1. The van der Waals surface area contributed by atoms with Crippen molar-refractivity contribution in [3.05, 3.63) is 0 Å². The highest BCUT2D eigenvalue weighted by molar-refractivity contribution is 7.99. The van der Waals surface area contributed by atoms with Gasteiger partial charge in [0.05, 0.1) is 6.10 Å². The predicted molar refractivity (Wildman–Crippen MR) is 73.3 cm³/mol. The van der Waals surface area contributed by atoms with Gasteiger partial charge in [0.1, 0.15) is 0 Å². The lowest BCUT2D eigenvalue weighted by Crippen LogP contribution is -2.43. The molecule has 3 unspecified atom stereocenters. The molecule has 1 aliphatic rings. The highest BCUT2D eigenvalue weighted by Crippen LogP contribution is 2.17. The summed E-state index contributed by atoms with van der Waals surface area (Å²) in [7, 11) is 0. The van der Waals surface area contributed by atoms with Crippen LogP contribution in [0.4, 0.5) is 0 Å². The Kier molecular flexibility index (Phi) is 7.50. The summed E-state index contributed by atoms with van der Waals surface area (Å²) in [6.07, 6.45) is 5.30. The first-order valence-corrected chi connectivity index (χ1v) is 7.87. The average Bonchev–Trinajstić information content (AvgIpc) is 2.29. The maximum Gasteiger partial charge on any atom is 0.0587 e. The lowest BCUT2D eigenvalue weighted by atomic mass is 10.0. The van der Waals surface area contributed by atoms with Gasteiger partial charge in [-0.15, -0.1) is 0 Å². The van der Waals surface area contributed by atoms with E-state index in [0.29, 0.717) is 18.2 Å². The molecule has 0 amide bonds. The molecule has 2 nitrogen and oxygen atoms in total. The van der Waals surface area contributed by atoms with Gasteiger partial charge in [0.15, 0.2) is 0 Å². The molecule has 96 valence electrons. The van der Waals surface area contributed by atoms with E-state index in [9.17, 15) is 0 Å². The topological polar surface area (TPSA) is 21.3 Å². The van der Waals surface area contributed by atoms with Crippen molar-refractivity contribution >= 4 is 11.8 Å². The normalized spacial score (nSPS) is 27.9. The summed E-state index contributed by atoms with van der Waals surface area (Å²) in [4.78, 5) is 0. The molecular weight excluding hydrogens is 218 g/mol. The van der Waals surface area contributed by atoms with Crippen molar-refractivity contribution in [1.29, 1.82) is 0 Å². The van der Waals surface area contributed by atoms with Gasteiger partial charge in [0, 0.05) is 18.7 Å². The number of rotatable bonds is 7. The Labute approximate surface area is 105 Å². The highest BCUT2D eigenvalue weighted by Gasteiger charge is 2.21. The van der Waals surface area contributed by atoms with Gasteiger partial charge in [0.2, 0.25) is 0 Å². The quantitative estimate of drug-likeness (QED) is 0.697. The zero-order chi connectivity index (χ0) is 11.8. The summed E-state index contributed by atoms with van der Waals surface area (Å²) >= 11 is 2.04. The summed E-state index contributed by atoms with van der Waals surface area (Å²) in [6.45, 7) is 7.70. The van der Waals surface area contributed by atoms with Gasteiger partial charge in [-0.05, 0) is 44.1 Å². The van der Waals surface area contributed by atoms with Gasteiger partial charge in [-0.3, -0.25) is 0 Å². The second-order valence-electron chi connectivity index (χ2n) is 4.68. The largest absolute Gasteiger partial charge is 0.378 e. The second kappa shape index (κ2) is 8.37. The summed E-state index contributed by atoms with van der Waals surface area (Å²) in [6, 6.07) is 1.33. The van der Waals surface area contributed by atoms with Crippen molar-refractivity contribution in [2.24, 2.45) is 0 Å². The molecular formula is C13H27NOS. The molecule has 0 saturated carbocycles. The second-order valence-corrected chi connectivity index (χ2v) is 6.07. The predicted octanol–water partition coefficient (Wildman–Crippen LogP) is 3.07. The molecule has 0 aromatic carbocycles. The SMILES string of the molecule is CCSCCC(C)NC1CCOC(CC)C1. The summed E-state index contributed by atoms with van der Waals surface area (Å²) in [5.41, 5.74) is 0. The van der Waals surface area contributed by atoms with Gasteiger partial charge in [-0.25, -0.2) is 0 Å². The summed E-state index contributed by atoms with van der Waals surface area (Å²) < 4.78 is 5.69. The van der Waals surface area contributed by atoms with Gasteiger partial charge in [0.25, 0.3) is 0 Å². The van der Waals surface area contributed by atoms with Crippen molar-refractivity contribution in [1.82, 2.24) is 5.32 Å². The van der Waals surface area contributed by atoms with E-state index in [2.05, 4.69) is 26.1 Å². The Morgan fingerprint density at radius 3 is 2.94 bits per heavy atom. The van der Waals surface area contributed by atoms with Crippen LogP contribution in [0.15, 0.2) is 0 Å². The molecule has 0 aromatic rings. The zero-order valence-electron chi connectivity index (χ0n) is 11.0. The van der Waals surface area contributed by atoms with E-state index in [4.69, 9.17) is 4.74 Å². The standard InChI is InChI=1S/C13H27NOS/c1-4-13-10-12(6-8-15-13)14-11(3)7-9-16-5-2/h11-14H,4-10H2,1-3H3. The molecule has 1 aliphatic heterocycles. The third-order valence-electron chi connectivity index (χ3n) is 3.24. The Morgan fingerprint density at radius 2 is 2.25 bits per heavy atom. The maximum absolute atomic E-state index is 5.69. The fourth-order valence-electron chi connectivity index (χ4n) is 2.21. The molecule has 16 heavy (non-hydrogen) atoms. The van der Waals surface area contributed by atoms with Crippen LogP contribution in [0.5, 0.6) is 0 Å². The fraction of sp³-hybridized carbons (Fsp3) is 1.00. The Bertz CT molecular complexity index is 177. The number of hydrogen-bond donors (Lipinski definition) is 1. The maximum atomic E-state index is 5.69. The number of hydrogen-bond acceptors (Lipinski definition) is 3. The Morgan fingerprint density at radius 1 is 1.44 bits per heavy atom. The summed E-state index contributed by atoms with van der Waals surface area (Å²) in [5, 5.41) is 3.75. The third kappa shape index (κ3) is 5.55. The first-order valence-electron chi connectivity index (χ1n) is 6.71. The minimum Gasteiger partial charge on any atom is -0.378 e. The van der Waals surface area contributed by atoms with Crippen LogP contribution in [-0.2, 0) is 4.74 Å². The van der Waals surface area contributed by atoms with Crippen LogP contribution in [0.1, 0.15) is 46.5 Å². The first kappa shape index (κ1) is 14.3. The van der Waals surface area contributed by atoms with E-state index in [1.807, 2.05) is 11.8 Å². The lowest BCUT2D eigenvalue weighted by molar-refractivity contribution is -0.00163. The molecule has 1 fully saturated rings. The van der Waals surface area contributed by atoms with Crippen molar-refractivity contribution < 1.29 is 4.74 Å². The van der Waals surface area contributed by atoms with Gasteiger partial charge in [-0.1, -0.05) is 13.8 Å². The highest BCUT2D eigenvalue weighted by atomic mass is 32.2. The van der Waals surface area contributed by atoms with Gasteiger partial charge < -0.3 is 10.1 Å². The molecule has 1 rings (SSSR count). The minimum absolute atomic E-state index is 0.489. The zero-order valence-corrected chi connectivity index (χ0v) is 11.8. The van der Waals surface area contributed by atoms with Crippen LogP contribution in [-0.4, -0.2) is 36.3 Å². The van der Waals surface area contributed by atoms with E-state index in [1.54, 1.807) is 0 Å². The van der Waals surface area contributed by atoms with E-state index in [1.165, 1.54) is 30.8 Å². The molecule has 1 saturated heterocycles. The van der Waals surface area contributed by atoms with E-state index in [-0.39, 0.29) is 0 Å². The molecule has 0 aliphatic carbocycles. The molecule has 0 radical (unpaired) electrons. The van der Waals surface area contributed by atoms with E-state index >= 15 is 0 Å². The summed E-state index contributed by atoms with van der Waals surface area (Å²) in [5.74, 6) is 2.52. The van der Waals surface area contributed by atoms with Crippen LogP contribution in [0.3, 0.4) is 0 Å². The molecule has 0 spiro atoms. The van der Waals surface area contributed by atoms with Crippen LogP contribution in [0.25, 0.3) is 0 Å². The van der Waals surface area contributed by atoms with Gasteiger partial charge in [-0.2, -0.15) is 11.8 Å². The molecule has 3 heteroatoms. The Balaban J connectivity index is 2.14. The first-order chi connectivity index (χ1) is 7.76. The lowest BCUT2D eigenvalue weighted by Gasteiger charge is -2.31. The van der Waals surface area contributed by atoms with Crippen molar-refractivity contribution in [3.63, 3.8) is 0 Å². The van der Waals surface area contributed by atoms with Crippen molar-refractivity contribution in [2.75, 3.05) is 18.1 Å². The van der Waals surface area contributed by atoms with Crippen LogP contribution in [0, 0.1) is 0 Å². The van der Waals surface area contributed by atoms with Gasteiger partial charge >= 0.3 is 0 Å². The van der Waals surface area contributed by atoms with Crippen LogP contribution < -0.4 is 5.32 Å². The molecule has 0 bridgehead atoms. The Hall–Kier alpha value is 0.270. The smallest absolute Gasteiger partial charge is 0.0587 e. The average molecular weight is 245 g/mol. The van der Waals surface area contributed by atoms with Crippen LogP contribution in [0.2, 0.25) is 0 Å². The number of thioether (sulfide) groups is 1. The van der Waals surface area contributed by atoms with Crippen LogP contribution >= 0.6 is 11.8 Å². The molecule has 1 N–H and O–H groups in total. The van der Waals surface area contributed by atoms with E-state index < -0.39 is 0 Å². The fourth-order valence-corrected chi connectivity index (χ4v) is 3.02. The number of ether oxygens (including phenoxy) is 1. The minimum atomic E-state index is 0.489. The molecule has 1 heterocycles. The molecule has 0 aromatic heterocycles.